The van der Waals surface area contributed by atoms with E-state index in [0.717, 1.165) is 30.9 Å². The zero-order valence-electron chi connectivity index (χ0n) is 23.3. The molecule has 3 aromatic carbocycles. The third-order valence-corrected chi connectivity index (χ3v) is 7.62. The van der Waals surface area contributed by atoms with Crippen molar-refractivity contribution in [1.29, 1.82) is 0 Å². The van der Waals surface area contributed by atoms with Crippen molar-refractivity contribution in [2.75, 3.05) is 20.2 Å². The molecule has 2 heterocycles. The van der Waals surface area contributed by atoms with Crippen molar-refractivity contribution in [2.45, 2.75) is 58.1 Å². The highest BCUT2D eigenvalue weighted by molar-refractivity contribution is 5.89. The lowest BCUT2D eigenvalue weighted by atomic mass is 9.87. The normalized spacial score (nSPS) is 14.2. The monoisotopic (exact) mass is 546 g/mol. The number of nitrogens with one attached hydrogen (secondary N) is 1. The van der Waals surface area contributed by atoms with Gasteiger partial charge >= 0.3 is 5.97 Å². The summed E-state index contributed by atoms with van der Waals surface area (Å²) >= 11 is 0. The molecule has 0 saturated carbocycles. The van der Waals surface area contributed by atoms with Crippen LogP contribution in [0.25, 0.3) is 10.9 Å². The largest absolute Gasteiger partial charge is 0.489 e. The Kier molecular flexibility index (Phi) is 9.04. The van der Waals surface area contributed by atoms with E-state index in [1.54, 1.807) is 12.1 Å². The first-order valence-electron chi connectivity index (χ1n) is 13.5. The number of nitrogens with zero attached hydrogens (tertiary/aromatic N) is 1. The third-order valence-electron chi connectivity index (χ3n) is 7.62. The maximum Gasteiger partial charge on any atom is 0.337 e. The average Bonchev–Trinajstić information content (AvgIpc) is 3.29. The first-order chi connectivity index (χ1) is 18.3. The van der Waals surface area contributed by atoms with E-state index in [0.29, 0.717) is 18.1 Å². The van der Waals surface area contributed by atoms with E-state index in [4.69, 9.17) is 9.47 Å². The molecular formula is C33H39ClN2O3. The van der Waals surface area contributed by atoms with Crippen molar-refractivity contribution in [3.05, 3.63) is 101 Å². The number of carbonyl (C=O) groups excluding carboxylic acids is 1. The number of halogens is 1. The number of aromatic nitrogens is 1. The molecule has 1 aromatic heterocycles. The molecule has 1 fully saturated rings. The summed E-state index contributed by atoms with van der Waals surface area (Å²) in [4.78, 5) is 11.7. The molecule has 206 valence electrons. The van der Waals surface area contributed by atoms with Gasteiger partial charge in [0.1, 0.15) is 12.4 Å². The Hall–Kier alpha value is -3.28. The van der Waals surface area contributed by atoms with Crippen molar-refractivity contribution < 1.29 is 14.3 Å². The number of carbonyl (C=O) groups is 1. The Morgan fingerprint density at radius 2 is 1.62 bits per heavy atom. The summed E-state index contributed by atoms with van der Waals surface area (Å²) in [5.74, 6) is 1.08. The van der Waals surface area contributed by atoms with Crippen LogP contribution in [0, 0.1) is 0 Å². The molecule has 0 bridgehead atoms. The summed E-state index contributed by atoms with van der Waals surface area (Å²) in [5, 5.41) is 4.82. The molecule has 1 aliphatic heterocycles. The van der Waals surface area contributed by atoms with Gasteiger partial charge in [0.15, 0.2) is 0 Å². The second-order valence-corrected chi connectivity index (χ2v) is 11.3. The number of hydrogen-bond donors (Lipinski definition) is 1. The smallest absolute Gasteiger partial charge is 0.337 e. The van der Waals surface area contributed by atoms with Crippen LogP contribution in [0.3, 0.4) is 0 Å². The van der Waals surface area contributed by atoms with Gasteiger partial charge in [0.05, 0.1) is 18.2 Å². The van der Waals surface area contributed by atoms with Crippen LogP contribution < -0.4 is 10.1 Å². The maximum atomic E-state index is 11.7. The van der Waals surface area contributed by atoms with E-state index in [2.05, 4.69) is 79.3 Å². The fourth-order valence-electron chi connectivity index (χ4n) is 5.31. The van der Waals surface area contributed by atoms with E-state index < -0.39 is 0 Å². The lowest BCUT2D eigenvalue weighted by Crippen LogP contribution is -2.26. The molecule has 0 atom stereocenters. The molecule has 0 amide bonds. The second-order valence-electron chi connectivity index (χ2n) is 11.3. The van der Waals surface area contributed by atoms with Gasteiger partial charge in [-0.1, -0.05) is 57.2 Å². The fourth-order valence-corrected chi connectivity index (χ4v) is 5.31. The van der Waals surface area contributed by atoms with Crippen molar-refractivity contribution in [3.63, 3.8) is 0 Å². The Balaban J connectivity index is 0.00000353. The van der Waals surface area contributed by atoms with Crippen LogP contribution in [0.1, 0.15) is 72.1 Å². The van der Waals surface area contributed by atoms with Gasteiger partial charge in [-0.2, -0.15) is 0 Å². The molecule has 1 aliphatic rings. The van der Waals surface area contributed by atoms with Crippen molar-refractivity contribution >= 4 is 29.3 Å². The highest BCUT2D eigenvalue weighted by atomic mass is 35.5. The lowest BCUT2D eigenvalue weighted by molar-refractivity contribution is 0.0600. The van der Waals surface area contributed by atoms with Gasteiger partial charge in [0.25, 0.3) is 0 Å². The van der Waals surface area contributed by atoms with Crippen LogP contribution in [-0.2, 0) is 23.3 Å². The molecule has 0 radical (unpaired) electrons. The molecule has 1 N–H and O–H groups in total. The minimum absolute atomic E-state index is 0. The second kappa shape index (κ2) is 12.3. The molecule has 0 aliphatic carbocycles. The fraction of sp³-hybridized carbons (Fsp3) is 0.364. The summed E-state index contributed by atoms with van der Waals surface area (Å²) in [6.07, 6.45) is 4.70. The lowest BCUT2D eigenvalue weighted by Gasteiger charge is -2.22. The standard InChI is InChI=1S/C33H38N2O3.ClH/c1-33(2,3)27-11-7-23(8-12-27)20-35-21-30(25-15-17-34-18-16-25)29-14-13-28(19-31(29)35)38-22-24-5-9-26(10-6-24)32(36)37-4;/h5-14,19,21,25,34H,15-18,20,22H2,1-4H3;1H. The summed E-state index contributed by atoms with van der Waals surface area (Å²) in [6.45, 7) is 10.2. The van der Waals surface area contributed by atoms with Crippen LogP contribution in [0.4, 0.5) is 0 Å². The van der Waals surface area contributed by atoms with Crippen molar-refractivity contribution in [2.24, 2.45) is 0 Å². The molecule has 6 heteroatoms. The summed E-state index contributed by atoms with van der Waals surface area (Å²) in [7, 11) is 1.39. The highest BCUT2D eigenvalue weighted by Gasteiger charge is 2.21. The Morgan fingerprint density at radius 3 is 2.26 bits per heavy atom. The predicted octanol–water partition coefficient (Wildman–Crippen LogP) is 7.24. The minimum atomic E-state index is -0.332. The first kappa shape index (κ1) is 28.7. The van der Waals surface area contributed by atoms with Gasteiger partial charge in [-0.3, -0.25) is 0 Å². The van der Waals surface area contributed by atoms with E-state index in [-0.39, 0.29) is 23.8 Å². The molecule has 5 nitrogen and oxygen atoms in total. The molecule has 0 unspecified atom stereocenters. The van der Waals surface area contributed by atoms with Crippen molar-refractivity contribution in [1.82, 2.24) is 9.88 Å². The van der Waals surface area contributed by atoms with Crippen molar-refractivity contribution in [3.8, 4) is 5.75 Å². The first-order valence-corrected chi connectivity index (χ1v) is 13.5. The zero-order chi connectivity index (χ0) is 26.7. The van der Waals surface area contributed by atoms with E-state index in [1.807, 2.05) is 12.1 Å². The number of piperidine rings is 1. The quantitative estimate of drug-likeness (QED) is 0.248. The molecule has 39 heavy (non-hydrogen) atoms. The van der Waals surface area contributed by atoms with Gasteiger partial charge in [0.2, 0.25) is 0 Å². The van der Waals surface area contributed by atoms with Crippen LogP contribution >= 0.6 is 12.4 Å². The number of rotatable bonds is 7. The molecule has 4 aromatic rings. The molecule has 0 spiro atoms. The Bertz CT molecular complexity index is 1400. The van der Waals surface area contributed by atoms with E-state index >= 15 is 0 Å². The summed E-state index contributed by atoms with van der Waals surface area (Å²) in [5.41, 5.74) is 6.98. The van der Waals surface area contributed by atoms with Gasteiger partial charge in [-0.05, 0) is 83.8 Å². The molecular weight excluding hydrogens is 508 g/mol. The van der Waals surface area contributed by atoms with Crippen LogP contribution in [0.15, 0.2) is 72.9 Å². The maximum absolute atomic E-state index is 11.7. The van der Waals surface area contributed by atoms with E-state index in [9.17, 15) is 4.79 Å². The SMILES string of the molecule is COC(=O)c1ccc(COc2ccc3c(C4CCNCC4)cn(Cc4ccc(C(C)(C)C)cc4)c3c2)cc1.Cl. The number of fused-ring (bicyclic) bond motifs is 1. The van der Waals surface area contributed by atoms with Gasteiger partial charge in [-0.25, -0.2) is 4.79 Å². The number of hydrogen-bond acceptors (Lipinski definition) is 4. The summed E-state index contributed by atoms with van der Waals surface area (Å²) in [6, 6.07) is 22.9. The van der Waals surface area contributed by atoms with Crippen LogP contribution in [0.5, 0.6) is 5.75 Å². The molecule has 1 saturated heterocycles. The number of ether oxygens (including phenoxy) is 2. The zero-order valence-corrected chi connectivity index (χ0v) is 24.1. The molecule has 5 rings (SSSR count). The number of methoxy groups -OCH3 is 1. The van der Waals surface area contributed by atoms with Crippen LogP contribution in [0.2, 0.25) is 0 Å². The Morgan fingerprint density at radius 1 is 0.949 bits per heavy atom. The van der Waals surface area contributed by atoms with Gasteiger partial charge in [0, 0.05) is 24.2 Å². The number of esters is 1. The average molecular weight is 547 g/mol. The summed E-state index contributed by atoms with van der Waals surface area (Å²) < 4.78 is 13.4. The third kappa shape index (κ3) is 6.66. The van der Waals surface area contributed by atoms with E-state index in [1.165, 1.54) is 47.5 Å². The topological polar surface area (TPSA) is 52.5 Å². The van der Waals surface area contributed by atoms with Gasteiger partial charge in [-0.15, -0.1) is 12.4 Å². The predicted molar refractivity (Wildman–Crippen MR) is 160 cm³/mol. The van der Waals surface area contributed by atoms with Crippen LogP contribution in [-0.4, -0.2) is 30.7 Å². The van der Waals surface area contributed by atoms with Gasteiger partial charge < -0.3 is 19.4 Å². The highest BCUT2D eigenvalue weighted by Crippen LogP contribution is 2.35. The Labute approximate surface area is 237 Å². The number of benzene rings is 3. The minimum Gasteiger partial charge on any atom is -0.489 e.